The van der Waals surface area contributed by atoms with Gasteiger partial charge in [0.05, 0.1) is 30.8 Å². The van der Waals surface area contributed by atoms with Gasteiger partial charge in [-0.2, -0.15) is 15.1 Å². The van der Waals surface area contributed by atoms with Gasteiger partial charge in [-0.15, -0.1) is 0 Å². The highest BCUT2D eigenvalue weighted by molar-refractivity contribution is 6.28. The molecule has 10 heteroatoms. The average Bonchev–Trinajstić information content (AvgIpc) is 3.07. The molecular formula is C18H16ClF2N5O2. The lowest BCUT2D eigenvalue weighted by molar-refractivity contribution is -0.141. The van der Waals surface area contributed by atoms with Gasteiger partial charge in [-0.25, -0.2) is 13.5 Å². The van der Waals surface area contributed by atoms with Gasteiger partial charge in [-0.3, -0.25) is 4.79 Å². The van der Waals surface area contributed by atoms with E-state index < -0.39 is 6.43 Å². The first-order valence-corrected chi connectivity index (χ1v) is 8.95. The fourth-order valence-electron chi connectivity index (χ4n) is 3.28. The second-order valence-corrected chi connectivity index (χ2v) is 6.89. The van der Waals surface area contributed by atoms with Crippen molar-refractivity contribution in [2.75, 3.05) is 25.1 Å². The van der Waals surface area contributed by atoms with Gasteiger partial charge in [0.2, 0.25) is 5.28 Å². The number of ether oxygens (including phenoxy) is 1. The summed E-state index contributed by atoms with van der Waals surface area (Å²) >= 11 is 6.11. The number of anilines is 1. The number of nitrogens with zero attached hydrogens (tertiary/aromatic N) is 5. The van der Waals surface area contributed by atoms with Gasteiger partial charge >= 0.3 is 5.97 Å². The molecule has 4 rings (SSSR count). The van der Waals surface area contributed by atoms with Gasteiger partial charge in [-0.1, -0.05) is 12.1 Å². The number of hydrogen-bond donors (Lipinski definition) is 0. The summed E-state index contributed by atoms with van der Waals surface area (Å²) in [6, 6.07) is 5.93. The highest BCUT2D eigenvalue weighted by atomic mass is 35.5. The molecular weight excluding hydrogens is 392 g/mol. The van der Waals surface area contributed by atoms with Crippen molar-refractivity contribution in [1.82, 2.24) is 19.7 Å². The maximum absolute atomic E-state index is 13.0. The van der Waals surface area contributed by atoms with Crippen LogP contribution in [0.25, 0.3) is 16.7 Å². The Bertz CT molecular complexity index is 1040. The van der Waals surface area contributed by atoms with Crippen molar-refractivity contribution in [2.24, 2.45) is 5.92 Å². The Morgan fingerprint density at radius 1 is 1.36 bits per heavy atom. The number of rotatable bonds is 5. The Kier molecular flexibility index (Phi) is 4.84. The lowest BCUT2D eigenvalue weighted by Crippen LogP contribution is -2.48. The first kappa shape index (κ1) is 18.5. The van der Waals surface area contributed by atoms with Crippen LogP contribution in [0.3, 0.4) is 0 Å². The highest BCUT2D eigenvalue weighted by Gasteiger charge is 2.32. The number of fused-ring (bicyclic) bond motifs is 1. The summed E-state index contributed by atoms with van der Waals surface area (Å²) in [7, 11) is 1.37. The largest absolute Gasteiger partial charge is 0.469 e. The minimum absolute atomic E-state index is 0.0330. The number of benzene rings is 1. The molecule has 1 aromatic carbocycles. The van der Waals surface area contributed by atoms with Crippen LogP contribution in [0.2, 0.25) is 5.28 Å². The molecule has 1 aliphatic heterocycles. The third kappa shape index (κ3) is 3.37. The molecule has 0 N–H and O–H groups in total. The SMILES string of the molecule is COC(=O)CC1CN(c2nc(Cl)nc3c2cnn3-c2cccc(C(F)F)c2)C1. The molecule has 0 spiro atoms. The molecule has 1 fully saturated rings. The van der Waals surface area contributed by atoms with E-state index in [-0.39, 0.29) is 22.7 Å². The molecule has 0 bridgehead atoms. The van der Waals surface area contributed by atoms with Crippen LogP contribution in [0.5, 0.6) is 0 Å². The number of halogens is 3. The van der Waals surface area contributed by atoms with E-state index in [1.165, 1.54) is 23.9 Å². The lowest BCUT2D eigenvalue weighted by Gasteiger charge is -2.39. The maximum atomic E-state index is 13.0. The minimum atomic E-state index is -2.58. The third-order valence-electron chi connectivity index (χ3n) is 4.69. The van der Waals surface area contributed by atoms with Gasteiger partial charge in [0, 0.05) is 24.6 Å². The van der Waals surface area contributed by atoms with Crippen molar-refractivity contribution in [3.8, 4) is 5.69 Å². The molecule has 0 amide bonds. The van der Waals surface area contributed by atoms with Crippen LogP contribution in [-0.4, -0.2) is 45.9 Å². The van der Waals surface area contributed by atoms with Crippen LogP contribution < -0.4 is 4.90 Å². The summed E-state index contributed by atoms with van der Waals surface area (Å²) in [5.74, 6) is 0.531. The normalized spacial score (nSPS) is 14.5. The second kappa shape index (κ2) is 7.31. The Morgan fingerprint density at radius 3 is 2.86 bits per heavy atom. The molecule has 1 aliphatic rings. The van der Waals surface area contributed by atoms with Crippen LogP contribution >= 0.6 is 11.6 Å². The molecule has 1 saturated heterocycles. The fraction of sp³-hybridized carbons (Fsp3) is 0.333. The van der Waals surface area contributed by atoms with Crippen molar-refractivity contribution in [3.63, 3.8) is 0 Å². The van der Waals surface area contributed by atoms with E-state index in [1.54, 1.807) is 18.3 Å². The van der Waals surface area contributed by atoms with Crippen LogP contribution in [0, 0.1) is 5.92 Å². The van der Waals surface area contributed by atoms with Crippen molar-refractivity contribution >= 4 is 34.4 Å². The second-order valence-electron chi connectivity index (χ2n) is 6.56. The fourth-order valence-corrected chi connectivity index (χ4v) is 3.44. The third-order valence-corrected chi connectivity index (χ3v) is 4.86. The quantitative estimate of drug-likeness (QED) is 0.476. The number of hydrogen-bond acceptors (Lipinski definition) is 6. The highest BCUT2D eigenvalue weighted by Crippen LogP contribution is 2.33. The Morgan fingerprint density at radius 2 is 2.14 bits per heavy atom. The van der Waals surface area contributed by atoms with Crippen molar-refractivity contribution < 1.29 is 18.3 Å². The van der Waals surface area contributed by atoms with E-state index >= 15 is 0 Å². The monoisotopic (exact) mass is 407 g/mol. The van der Waals surface area contributed by atoms with Crippen molar-refractivity contribution in [1.29, 1.82) is 0 Å². The van der Waals surface area contributed by atoms with E-state index in [4.69, 9.17) is 16.3 Å². The molecule has 0 aliphatic carbocycles. The summed E-state index contributed by atoms with van der Waals surface area (Å²) in [5.41, 5.74) is 0.786. The summed E-state index contributed by atoms with van der Waals surface area (Å²) < 4.78 is 32.2. The van der Waals surface area contributed by atoms with E-state index in [0.717, 1.165) is 0 Å². The zero-order valence-electron chi connectivity index (χ0n) is 14.8. The molecule has 0 unspecified atom stereocenters. The zero-order valence-corrected chi connectivity index (χ0v) is 15.6. The van der Waals surface area contributed by atoms with Gasteiger partial charge < -0.3 is 9.64 Å². The number of aromatic nitrogens is 4. The number of esters is 1. The smallest absolute Gasteiger partial charge is 0.305 e. The number of methoxy groups -OCH3 is 1. The molecule has 3 heterocycles. The van der Waals surface area contributed by atoms with Gasteiger partial charge in [0.15, 0.2) is 5.65 Å². The Balaban J connectivity index is 1.67. The molecule has 0 atom stereocenters. The van der Waals surface area contributed by atoms with Crippen molar-refractivity contribution in [2.45, 2.75) is 12.8 Å². The van der Waals surface area contributed by atoms with Crippen LogP contribution in [0.4, 0.5) is 14.6 Å². The Labute approximate surface area is 163 Å². The van der Waals surface area contributed by atoms with E-state index in [1.807, 2.05) is 4.90 Å². The zero-order chi connectivity index (χ0) is 19.8. The standard InChI is InChI=1S/C18H16ClF2N5O2/c1-28-14(27)5-10-8-25(9-10)16-13-7-22-26(17(13)24-18(19)23-16)12-4-2-3-11(6-12)15(20)21/h2-4,6-7,10,15H,5,8-9H2,1H3. The molecule has 146 valence electrons. The van der Waals surface area contributed by atoms with Gasteiger partial charge in [0.25, 0.3) is 6.43 Å². The lowest BCUT2D eigenvalue weighted by atomic mass is 9.96. The first-order valence-electron chi connectivity index (χ1n) is 8.57. The average molecular weight is 408 g/mol. The molecule has 0 saturated carbocycles. The molecule has 28 heavy (non-hydrogen) atoms. The summed E-state index contributed by atoms with van der Waals surface area (Å²) in [6.45, 7) is 1.26. The molecule has 3 aromatic rings. The van der Waals surface area contributed by atoms with Gasteiger partial charge in [-0.05, 0) is 23.7 Å². The van der Waals surface area contributed by atoms with Crippen LogP contribution in [0.1, 0.15) is 18.4 Å². The van der Waals surface area contributed by atoms with Crippen LogP contribution in [0.15, 0.2) is 30.5 Å². The number of carbonyl (C=O) groups excluding carboxylic acids is 1. The minimum Gasteiger partial charge on any atom is -0.469 e. The van der Waals surface area contributed by atoms with E-state index in [2.05, 4.69) is 15.1 Å². The topological polar surface area (TPSA) is 73.1 Å². The summed E-state index contributed by atoms with van der Waals surface area (Å²) in [5, 5.41) is 4.99. The van der Waals surface area contributed by atoms with Crippen LogP contribution in [-0.2, 0) is 9.53 Å². The predicted octanol–water partition coefficient (Wildman–Crippen LogP) is 3.41. The van der Waals surface area contributed by atoms with Gasteiger partial charge in [0.1, 0.15) is 5.82 Å². The van der Waals surface area contributed by atoms with Crippen molar-refractivity contribution in [3.05, 3.63) is 41.3 Å². The van der Waals surface area contributed by atoms with E-state index in [9.17, 15) is 13.6 Å². The van der Waals surface area contributed by atoms with E-state index in [0.29, 0.717) is 42.0 Å². The first-order chi connectivity index (χ1) is 13.5. The number of carbonyl (C=O) groups is 1. The number of alkyl halides is 2. The Hall–Kier alpha value is -2.81. The molecule has 0 radical (unpaired) electrons. The molecule has 2 aromatic heterocycles. The predicted molar refractivity (Wildman–Crippen MR) is 99.0 cm³/mol. The summed E-state index contributed by atoms with van der Waals surface area (Å²) in [4.78, 5) is 21.9. The molecule has 7 nitrogen and oxygen atoms in total. The maximum Gasteiger partial charge on any atom is 0.305 e. The summed E-state index contributed by atoms with van der Waals surface area (Å²) in [6.07, 6.45) is -0.651.